The van der Waals surface area contributed by atoms with Crippen LogP contribution >= 0.6 is 11.3 Å². The largest absolute Gasteiger partial charge is 0.349 e. The van der Waals surface area contributed by atoms with Gasteiger partial charge in [-0.3, -0.25) is 14.2 Å². The molecule has 0 unspecified atom stereocenters. The molecule has 1 aliphatic carbocycles. The third-order valence-corrected chi connectivity index (χ3v) is 5.21. The van der Waals surface area contributed by atoms with Gasteiger partial charge in [0.1, 0.15) is 4.83 Å². The summed E-state index contributed by atoms with van der Waals surface area (Å²) in [5.74, 6) is 0.0225. The van der Waals surface area contributed by atoms with Crippen molar-refractivity contribution in [3.8, 4) is 0 Å². The Morgan fingerprint density at radius 2 is 2.14 bits per heavy atom. The Hall–Kier alpha value is -1.69. The quantitative estimate of drug-likeness (QED) is 0.869. The number of thiophene rings is 1. The SMILES string of the molecule is CN(C)C(=O)CCn1cnc2sc3c(c2c1=O)CCCC3. The molecule has 0 saturated heterocycles. The minimum atomic E-state index is 0.00551. The van der Waals surface area contributed by atoms with Crippen molar-refractivity contribution in [2.45, 2.75) is 38.6 Å². The molecule has 0 aliphatic heterocycles. The Morgan fingerprint density at radius 1 is 1.38 bits per heavy atom. The standard InChI is InChI=1S/C15H19N3O2S/c1-17(2)12(19)7-8-18-9-16-14-13(15(18)20)10-5-3-4-6-11(10)21-14/h9H,3-8H2,1-2H3. The van der Waals surface area contributed by atoms with Crippen molar-refractivity contribution in [2.24, 2.45) is 0 Å². The van der Waals surface area contributed by atoms with Crippen LogP contribution in [0.4, 0.5) is 0 Å². The van der Waals surface area contributed by atoms with Crippen LogP contribution in [0.3, 0.4) is 0 Å². The van der Waals surface area contributed by atoms with Crippen molar-refractivity contribution in [1.29, 1.82) is 0 Å². The van der Waals surface area contributed by atoms with E-state index in [2.05, 4.69) is 4.98 Å². The van der Waals surface area contributed by atoms with E-state index in [1.165, 1.54) is 16.9 Å². The van der Waals surface area contributed by atoms with Crippen LogP contribution in [0.25, 0.3) is 10.2 Å². The first-order chi connectivity index (χ1) is 10.1. The minimum absolute atomic E-state index is 0.00551. The Kier molecular flexibility index (Phi) is 3.80. The van der Waals surface area contributed by atoms with E-state index in [0.717, 1.165) is 29.5 Å². The number of carbonyl (C=O) groups is 1. The maximum atomic E-state index is 12.6. The average Bonchev–Trinajstić information content (AvgIpc) is 2.85. The second-order valence-corrected chi connectivity index (χ2v) is 6.76. The van der Waals surface area contributed by atoms with Crippen LogP contribution in [0.2, 0.25) is 0 Å². The van der Waals surface area contributed by atoms with Gasteiger partial charge in [-0.15, -0.1) is 11.3 Å². The summed E-state index contributed by atoms with van der Waals surface area (Å²) in [6.07, 6.45) is 6.29. The zero-order valence-corrected chi connectivity index (χ0v) is 13.2. The molecule has 0 fully saturated rings. The second-order valence-electron chi connectivity index (χ2n) is 5.67. The van der Waals surface area contributed by atoms with E-state index in [0.29, 0.717) is 13.0 Å². The van der Waals surface area contributed by atoms with E-state index in [-0.39, 0.29) is 11.5 Å². The lowest BCUT2D eigenvalue weighted by Gasteiger charge is -2.12. The van der Waals surface area contributed by atoms with E-state index in [1.54, 1.807) is 41.2 Å². The van der Waals surface area contributed by atoms with Gasteiger partial charge in [-0.1, -0.05) is 0 Å². The van der Waals surface area contributed by atoms with Crippen molar-refractivity contribution >= 4 is 27.5 Å². The van der Waals surface area contributed by atoms with E-state index in [9.17, 15) is 9.59 Å². The molecule has 2 heterocycles. The molecule has 0 atom stereocenters. The molecular formula is C15H19N3O2S. The zero-order valence-electron chi connectivity index (χ0n) is 12.4. The van der Waals surface area contributed by atoms with Crippen molar-refractivity contribution in [3.05, 3.63) is 27.1 Å². The zero-order chi connectivity index (χ0) is 15.0. The van der Waals surface area contributed by atoms with Gasteiger partial charge in [-0.2, -0.15) is 0 Å². The molecule has 0 aromatic carbocycles. The predicted molar refractivity (Wildman–Crippen MR) is 83.8 cm³/mol. The maximum absolute atomic E-state index is 12.6. The van der Waals surface area contributed by atoms with E-state index >= 15 is 0 Å². The van der Waals surface area contributed by atoms with Crippen molar-refractivity contribution in [2.75, 3.05) is 14.1 Å². The van der Waals surface area contributed by atoms with Crippen LogP contribution in [0, 0.1) is 0 Å². The lowest BCUT2D eigenvalue weighted by atomic mass is 9.97. The highest BCUT2D eigenvalue weighted by Crippen LogP contribution is 2.33. The van der Waals surface area contributed by atoms with Crippen LogP contribution in [0.15, 0.2) is 11.1 Å². The molecule has 6 heteroatoms. The monoisotopic (exact) mass is 305 g/mol. The van der Waals surface area contributed by atoms with Crippen molar-refractivity contribution < 1.29 is 4.79 Å². The number of aryl methyl sites for hydroxylation is 3. The molecular weight excluding hydrogens is 286 g/mol. The van der Waals surface area contributed by atoms with Crippen LogP contribution in [-0.4, -0.2) is 34.5 Å². The number of hydrogen-bond donors (Lipinski definition) is 0. The summed E-state index contributed by atoms with van der Waals surface area (Å²) in [7, 11) is 3.45. The molecule has 1 aliphatic rings. The molecule has 0 spiro atoms. The van der Waals surface area contributed by atoms with E-state index in [1.807, 2.05) is 0 Å². The number of carbonyl (C=O) groups excluding carboxylic acids is 1. The number of nitrogens with zero attached hydrogens (tertiary/aromatic N) is 3. The molecule has 0 radical (unpaired) electrons. The van der Waals surface area contributed by atoms with E-state index in [4.69, 9.17) is 0 Å². The summed E-state index contributed by atoms with van der Waals surface area (Å²) in [5, 5.41) is 0.787. The number of amides is 1. The van der Waals surface area contributed by atoms with Gasteiger partial charge in [0.15, 0.2) is 0 Å². The molecule has 0 saturated carbocycles. The van der Waals surface area contributed by atoms with Gasteiger partial charge in [0.05, 0.1) is 11.7 Å². The lowest BCUT2D eigenvalue weighted by Crippen LogP contribution is -2.27. The maximum Gasteiger partial charge on any atom is 0.262 e. The summed E-state index contributed by atoms with van der Waals surface area (Å²) >= 11 is 1.65. The first-order valence-electron chi connectivity index (χ1n) is 7.28. The molecule has 2 aromatic heterocycles. The Morgan fingerprint density at radius 3 is 2.90 bits per heavy atom. The lowest BCUT2D eigenvalue weighted by molar-refractivity contribution is -0.128. The van der Waals surface area contributed by atoms with Gasteiger partial charge in [-0.25, -0.2) is 4.98 Å². The van der Waals surface area contributed by atoms with Gasteiger partial charge in [0.2, 0.25) is 5.91 Å². The first kappa shape index (κ1) is 14.3. The van der Waals surface area contributed by atoms with Gasteiger partial charge in [-0.05, 0) is 31.2 Å². The van der Waals surface area contributed by atoms with Crippen LogP contribution in [-0.2, 0) is 24.2 Å². The highest BCUT2D eigenvalue weighted by molar-refractivity contribution is 7.18. The molecule has 2 aromatic rings. The molecule has 21 heavy (non-hydrogen) atoms. The van der Waals surface area contributed by atoms with Gasteiger partial charge >= 0.3 is 0 Å². The molecule has 5 nitrogen and oxygen atoms in total. The fourth-order valence-electron chi connectivity index (χ4n) is 2.78. The highest BCUT2D eigenvalue weighted by Gasteiger charge is 2.20. The molecule has 3 rings (SSSR count). The Balaban J connectivity index is 1.96. The summed E-state index contributed by atoms with van der Waals surface area (Å²) in [6, 6.07) is 0. The second kappa shape index (κ2) is 5.60. The van der Waals surface area contributed by atoms with Crippen LogP contribution < -0.4 is 5.56 Å². The third kappa shape index (κ3) is 2.60. The topological polar surface area (TPSA) is 55.2 Å². The summed E-state index contributed by atoms with van der Waals surface area (Å²) < 4.78 is 1.57. The number of rotatable bonds is 3. The minimum Gasteiger partial charge on any atom is -0.349 e. The molecule has 0 N–H and O–H groups in total. The number of fused-ring (bicyclic) bond motifs is 3. The Labute approximate surface area is 127 Å². The van der Waals surface area contributed by atoms with Crippen LogP contribution in [0.5, 0.6) is 0 Å². The fraction of sp³-hybridized carbons (Fsp3) is 0.533. The fourth-order valence-corrected chi connectivity index (χ4v) is 4.00. The van der Waals surface area contributed by atoms with Gasteiger partial charge in [0.25, 0.3) is 5.56 Å². The van der Waals surface area contributed by atoms with Crippen molar-refractivity contribution in [1.82, 2.24) is 14.5 Å². The van der Waals surface area contributed by atoms with Gasteiger partial charge < -0.3 is 4.90 Å². The molecule has 112 valence electrons. The Bertz CT molecular complexity index is 745. The normalized spacial score (nSPS) is 14.2. The number of aromatic nitrogens is 2. The van der Waals surface area contributed by atoms with Gasteiger partial charge in [0, 0.05) is 31.9 Å². The average molecular weight is 305 g/mol. The molecule has 1 amide bonds. The third-order valence-electron chi connectivity index (χ3n) is 4.01. The van der Waals surface area contributed by atoms with E-state index < -0.39 is 0 Å². The predicted octanol–water partition coefficient (Wildman–Crippen LogP) is 1.82. The highest BCUT2D eigenvalue weighted by atomic mass is 32.1. The van der Waals surface area contributed by atoms with Crippen LogP contribution in [0.1, 0.15) is 29.7 Å². The van der Waals surface area contributed by atoms with Crippen molar-refractivity contribution in [3.63, 3.8) is 0 Å². The number of hydrogen-bond acceptors (Lipinski definition) is 4. The molecule has 0 bridgehead atoms. The smallest absolute Gasteiger partial charge is 0.262 e. The summed E-state index contributed by atoms with van der Waals surface area (Å²) in [5.41, 5.74) is 1.21. The summed E-state index contributed by atoms with van der Waals surface area (Å²) in [6.45, 7) is 0.392. The summed E-state index contributed by atoms with van der Waals surface area (Å²) in [4.78, 5) is 32.5. The first-order valence-corrected chi connectivity index (χ1v) is 8.09.